The highest BCUT2D eigenvalue weighted by Gasteiger charge is 2.09. The fraction of sp³-hybridized carbons (Fsp3) is 0.312. The molecule has 1 heterocycles. The molecule has 1 aromatic heterocycles. The molecule has 17 heavy (non-hydrogen) atoms. The molecule has 1 atom stereocenters. The molecule has 0 radical (unpaired) electrons. The van der Waals surface area contributed by atoms with Gasteiger partial charge in [0.25, 0.3) is 0 Å². The molecule has 88 valence electrons. The Kier molecular flexibility index (Phi) is 3.58. The topological polar surface area (TPSA) is 12.9 Å². The van der Waals surface area contributed by atoms with Gasteiger partial charge >= 0.3 is 0 Å². The van der Waals surface area contributed by atoms with Crippen molar-refractivity contribution in [1.82, 2.24) is 4.98 Å². The van der Waals surface area contributed by atoms with E-state index in [0.717, 1.165) is 6.42 Å². The van der Waals surface area contributed by atoms with Crippen LogP contribution in [0.3, 0.4) is 0 Å². The minimum atomic E-state index is 0.519. The molecule has 0 N–H and O–H groups in total. The maximum Gasteiger partial charge on any atom is 0.0438 e. The highest BCUT2D eigenvalue weighted by molar-refractivity contribution is 5.26. The van der Waals surface area contributed by atoms with Gasteiger partial charge in [0.15, 0.2) is 0 Å². The van der Waals surface area contributed by atoms with Crippen LogP contribution in [0.5, 0.6) is 0 Å². The third kappa shape index (κ3) is 2.94. The molecule has 0 spiro atoms. The van der Waals surface area contributed by atoms with E-state index in [1.165, 1.54) is 22.4 Å². The predicted molar refractivity (Wildman–Crippen MR) is 72.3 cm³/mol. The summed E-state index contributed by atoms with van der Waals surface area (Å²) in [6.07, 6.45) is 2.97. The second-order valence-electron chi connectivity index (χ2n) is 4.79. The van der Waals surface area contributed by atoms with E-state index < -0.39 is 0 Å². The molecule has 1 nitrogen and oxygen atoms in total. The molecule has 0 aliphatic rings. The molecule has 2 aromatic rings. The first kappa shape index (κ1) is 11.8. The van der Waals surface area contributed by atoms with E-state index in [0.29, 0.717) is 5.92 Å². The molecule has 0 aliphatic heterocycles. The second kappa shape index (κ2) is 5.13. The van der Waals surface area contributed by atoms with Gasteiger partial charge in [0.2, 0.25) is 0 Å². The van der Waals surface area contributed by atoms with Crippen LogP contribution in [0.25, 0.3) is 0 Å². The summed E-state index contributed by atoms with van der Waals surface area (Å²) in [6, 6.07) is 12.8. The number of aromatic nitrogens is 1. The molecule has 1 unspecified atom stereocenters. The number of hydrogen-bond acceptors (Lipinski definition) is 1. The highest BCUT2D eigenvalue weighted by atomic mass is 14.7. The predicted octanol–water partition coefficient (Wildman–Crippen LogP) is 4.04. The lowest BCUT2D eigenvalue weighted by molar-refractivity contribution is 0.735. The molecule has 2 rings (SSSR count). The molecule has 0 fully saturated rings. The van der Waals surface area contributed by atoms with Crippen LogP contribution in [0.2, 0.25) is 0 Å². The molecule has 0 saturated carbocycles. The van der Waals surface area contributed by atoms with Gasteiger partial charge in [-0.2, -0.15) is 0 Å². The van der Waals surface area contributed by atoms with Gasteiger partial charge in [0, 0.05) is 11.9 Å². The number of aryl methyl sites for hydroxylation is 2. The van der Waals surface area contributed by atoms with Crippen LogP contribution in [0.1, 0.15) is 35.2 Å². The van der Waals surface area contributed by atoms with Gasteiger partial charge in [-0.3, -0.25) is 4.98 Å². The number of hydrogen-bond donors (Lipinski definition) is 0. The monoisotopic (exact) mass is 225 g/mol. The van der Waals surface area contributed by atoms with Crippen molar-refractivity contribution in [1.29, 1.82) is 0 Å². The maximum absolute atomic E-state index is 4.54. The summed E-state index contributed by atoms with van der Waals surface area (Å²) in [6.45, 7) is 6.49. The van der Waals surface area contributed by atoms with Gasteiger partial charge in [-0.05, 0) is 42.9 Å². The lowest BCUT2D eigenvalue weighted by Gasteiger charge is -2.13. The standard InChI is InChI=1S/C16H19N/c1-12-9-14(3)16(17-11-12)10-13(2)15-7-5-4-6-8-15/h4-9,11,13H,10H2,1-3H3. The lowest BCUT2D eigenvalue weighted by atomic mass is 9.94. The smallest absolute Gasteiger partial charge is 0.0438 e. The van der Waals surface area contributed by atoms with E-state index in [-0.39, 0.29) is 0 Å². The molecule has 0 saturated heterocycles. The molecule has 0 bridgehead atoms. The van der Waals surface area contributed by atoms with Crippen LogP contribution in [0.15, 0.2) is 42.6 Å². The Bertz CT molecular complexity index is 488. The van der Waals surface area contributed by atoms with Gasteiger partial charge in [0.05, 0.1) is 0 Å². The van der Waals surface area contributed by atoms with Crippen molar-refractivity contribution in [3.63, 3.8) is 0 Å². The Hall–Kier alpha value is -1.63. The summed E-state index contributed by atoms with van der Waals surface area (Å²) < 4.78 is 0. The first-order chi connectivity index (χ1) is 8.16. The molecule has 0 aliphatic carbocycles. The van der Waals surface area contributed by atoms with E-state index in [9.17, 15) is 0 Å². The van der Waals surface area contributed by atoms with E-state index >= 15 is 0 Å². The highest BCUT2D eigenvalue weighted by Crippen LogP contribution is 2.20. The van der Waals surface area contributed by atoms with Gasteiger partial charge in [0.1, 0.15) is 0 Å². The van der Waals surface area contributed by atoms with Crippen LogP contribution in [0, 0.1) is 13.8 Å². The van der Waals surface area contributed by atoms with E-state index in [1.54, 1.807) is 0 Å². The van der Waals surface area contributed by atoms with Crippen LogP contribution in [-0.4, -0.2) is 4.98 Å². The van der Waals surface area contributed by atoms with Crippen LogP contribution >= 0.6 is 0 Å². The van der Waals surface area contributed by atoms with Crippen molar-refractivity contribution in [3.05, 3.63) is 65.0 Å². The minimum Gasteiger partial charge on any atom is -0.261 e. The zero-order valence-electron chi connectivity index (χ0n) is 10.8. The fourth-order valence-corrected chi connectivity index (χ4v) is 2.15. The zero-order valence-corrected chi connectivity index (χ0v) is 10.8. The van der Waals surface area contributed by atoms with E-state index in [4.69, 9.17) is 0 Å². The maximum atomic E-state index is 4.54. The zero-order chi connectivity index (χ0) is 12.3. The second-order valence-corrected chi connectivity index (χ2v) is 4.79. The van der Waals surface area contributed by atoms with Crippen LogP contribution < -0.4 is 0 Å². The average molecular weight is 225 g/mol. The Morgan fingerprint density at radius 1 is 1.12 bits per heavy atom. The summed E-state index contributed by atoms with van der Waals surface area (Å²) in [5, 5.41) is 0. The fourth-order valence-electron chi connectivity index (χ4n) is 2.15. The first-order valence-corrected chi connectivity index (χ1v) is 6.14. The van der Waals surface area contributed by atoms with E-state index in [1.807, 2.05) is 6.20 Å². The Balaban J connectivity index is 2.16. The summed E-state index contributed by atoms with van der Waals surface area (Å²) in [5.74, 6) is 0.519. The summed E-state index contributed by atoms with van der Waals surface area (Å²) in [5.41, 5.74) is 5.13. The summed E-state index contributed by atoms with van der Waals surface area (Å²) in [7, 11) is 0. The average Bonchev–Trinajstić information content (AvgIpc) is 2.34. The lowest BCUT2D eigenvalue weighted by Crippen LogP contribution is -2.02. The SMILES string of the molecule is Cc1cnc(CC(C)c2ccccc2)c(C)c1. The normalized spacial score (nSPS) is 12.4. The van der Waals surface area contributed by atoms with Crippen LogP contribution in [-0.2, 0) is 6.42 Å². The van der Waals surface area contributed by atoms with Crippen molar-refractivity contribution in [2.24, 2.45) is 0 Å². The number of benzene rings is 1. The van der Waals surface area contributed by atoms with Crippen molar-refractivity contribution in [3.8, 4) is 0 Å². The van der Waals surface area contributed by atoms with Crippen molar-refractivity contribution < 1.29 is 0 Å². The Labute approximate surface area is 104 Å². The molecule has 1 heteroatoms. The first-order valence-electron chi connectivity index (χ1n) is 6.14. The molecular formula is C16H19N. The largest absolute Gasteiger partial charge is 0.261 e. The summed E-state index contributed by atoms with van der Waals surface area (Å²) in [4.78, 5) is 4.54. The van der Waals surface area contributed by atoms with Gasteiger partial charge in [-0.1, -0.05) is 43.3 Å². The van der Waals surface area contributed by atoms with Crippen molar-refractivity contribution in [2.45, 2.75) is 33.1 Å². The quantitative estimate of drug-likeness (QED) is 0.768. The number of pyridine rings is 1. The third-order valence-corrected chi connectivity index (χ3v) is 3.19. The Morgan fingerprint density at radius 3 is 2.47 bits per heavy atom. The third-order valence-electron chi connectivity index (χ3n) is 3.19. The molecule has 0 amide bonds. The summed E-state index contributed by atoms with van der Waals surface area (Å²) >= 11 is 0. The van der Waals surface area contributed by atoms with Gasteiger partial charge < -0.3 is 0 Å². The molecule has 1 aromatic carbocycles. The van der Waals surface area contributed by atoms with Gasteiger partial charge in [-0.15, -0.1) is 0 Å². The molecular weight excluding hydrogens is 206 g/mol. The van der Waals surface area contributed by atoms with Crippen LogP contribution in [0.4, 0.5) is 0 Å². The van der Waals surface area contributed by atoms with Crippen molar-refractivity contribution >= 4 is 0 Å². The Morgan fingerprint density at radius 2 is 1.82 bits per heavy atom. The number of rotatable bonds is 3. The van der Waals surface area contributed by atoms with E-state index in [2.05, 4.69) is 62.2 Å². The minimum absolute atomic E-state index is 0.519. The van der Waals surface area contributed by atoms with Crippen molar-refractivity contribution in [2.75, 3.05) is 0 Å². The van der Waals surface area contributed by atoms with Gasteiger partial charge in [-0.25, -0.2) is 0 Å². The number of nitrogens with zero attached hydrogens (tertiary/aromatic N) is 1.